The van der Waals surface area contributed by atoms with Gasteiger partial charge < -0.3 is 10.6 Å². The van der Waals surface area contributed by atoms with Crippen LogP contribution in [-0.2, 0) is 0 Å². The first-order chi connectivity index (χ1) is 9.16. The molecule has 2 fully saturated rings. The molecule has 1 aliphatic carbocycles. The van der Waals surface area contributed by atoms with Crippen LogP contribution in [0.25, 0.3) is 0 Å². The molecule has 0 aromatic heterocycles. The number of rotatable bonds is 6. The van der Waals surface area contributed by atoms with E-state index in [2.05, 4.69) is 16.8 Å². The van der Waals surface area contributed by atoms with Crippen LogP contribution in [-0.4, -0.2) is 53.6 Å². The Hall–Kier alpha value is -0.190. The molecule has 110 valence electrons. The van der Waals surface area contributed by atoms with E-state index in [9.17, 15) is 0 Å². The Morgan fingerprint density at radius 1 is 1.21 bits per heavy atom. The molecule has 0 radical (unpaired) electrons. The van der Waals surface area contributed by atoms with Gasteiger partial charge in [0, 0.05) is 25.2 Å². The van der Waals surface area contributed by atoms with Crippen LogP contribution in [0.15, 0.2) is 0 Å². The molecule has 1 saturated carbocycles. The fourth-order valence-corrected chi connectivity index (χ4v) is 3.85. The van der Waals surface area contributed by atoms with Gasteiger partial charge in [0.05, 0.1) is 4.99 Å². The SMILES string of the molecule is CN1CCCCC1CCN(CC(N)=S)C1CCCC1. The lowest BCUT2D eigenvalue weighted by Gasteiger charge is -2.35. The number of hydrogen-bond acceptors (Lipinski definition) is 3. The van der Waals surface area contributed by atoms with Crippen molar-refractivity contribution in [2.45, 2.75) is 63.5 Å². The molecule has 1 heterocycles. The highest BCUT2D eigenvalue weighted by molar-refractivity contribution is 7.80. The van der Waals surface area contributed by atoms with Crippen molar-refractivity contribution in [1.82, 2.24) is 9.80 Å². The number of likely N-dealkylation sites (tertiary alicyclic amines) is 1. The van der Waals surface area contributed by atoms with Gasteiger partial charge in [-0.2, -0.15) is 0 Å². The standard InChI is InChI=1S/C15H29N3S/c1-17-10-5-4-6-13(17)9-11-18(12-15(16)19)14-7-2-3-8-14/h13-14H,2-12H2,1H3,(H2,16,19). The largest absolute Gasteiger partial charge is 0.392 e. The van der Waals surface area contributed by atoms with E-state index in [-0.39, 0.29) is 0 Å². The van der Waals surface area contributed by atoms with Crippen LogP contribution in [0.1, 0.15) is 51.4 Å². The zero-order chi connectivity index (χ0) is 13.7. The van der Waals surface area contributed by atoms with Crippen molar-refractivity contribution in [3.05, 3.63) is 0 Å². The first-order valence-corrected chi connectivity index (χ1v) is 8.30. The van der Waals surface area contributed by atoms with Crippen LogP contribution in [0.5, 0.6) is 0 Å². The average molecular weight is 283 g/mol. The summed E-state index contributed by atoms with van der Waals surface area (Å²) < 4.78 is 0. The molecule has 1 atom stereocenters. The zero-order valence-electron chi connectivity index (χ0n) is 12.3. The smallest absolute Gasteiger partial charge is 0.0870 e. The maximum absolute atomic E-state index is 5.78. The average Bonchev–Trinajstić information content (AvgIpc) is 2.89. The summed E-state index contributed by atoms with van der Waals surface area (Å²) in [6.07, 6.45) is 10.8. The lowest BCUT2D eigenvalue weighted by Crippen LogP contribution is -2.43. The second-order valence-electron chi connectivity index (χ2n) is 6.29. The third kappa shape index (κ3) is 4.69. The molecule has 3 nitrogen and oxygen atoms in total. The van der Waals surface area contributed by atoms with Crippen molar-refractivity contribution in [3.63, 3.8) is 0 Å². The van der Waals surface area contributed by atoms with E-state index in [4.69, 9.17) is 18.0 Å². The van der Waals surface area contributed by atoms with Gasteiger partial charge in [0.15, 0.2) is 0 Å². The summed E-state index contributed by atoms with van der Waals surface area (Å²) in [6.45, 7) is 3.25. The molecule has 0 bridgehead atoms. The maximum Gasteiger partial charge on any atom is 0.0870 e. The van der Waals surface area contributed by atoms with Crippen LogP contribution in [0.4, 0.5) is 0 Å². The Balaban J connectivity index is 1.82. The summed E-state index contributed by atoms with van der Waals surface area (Å²) in [5, 5.41) is 0. The van der Waals surface area contributed by atoms with Gasteiger partial charge in [-0.25, -0.2) is 0 Å². The van der Waals surface area contributed by atoms with E-state index in [0.717, 1.165) is 25.2 Å². The summed E-state index contributed by atoms with van der Waals surface area (Å²) in [4.78, 5) is 5.75. The van der Waals surface area contributed by atoms with Crippen LogP contribution in [0, 0.1) is 0 Å². The number of nitrogens with two attached hydrogens (primary N) is 1. The molecule has 0 spiro atoms. The molecule has 0 aromatic rings. The number of piperidine rings is 1. The Kier molecular flexibility index (Phi) is 6.05. The molecule has 1 aliphatic heterocycles. The summed E-state index contributed by atoms with van der Waals surface area (Å²) in [7, 11) is 2.28. The van der Waals surface area contributed by atoms with E-state index in [0.29, 0.717) is 4.99 Å². The minimum Gasteiger partial charge on any atom is -0.392 e. The highest BCUT2D eigenvalue weighted by Gasteiger charge is 2.25. The molecular weight excluding hydrogens is 254 g/mol. The van der Waals surface area contributed by atoms with Crippen molar-refractivity contribution in [3.8, 4) is 0 Å². The van der Waals surface area contributed by atoms with Crippen LogP contribution in [0.3, 0.4) is 0 Å². The lowest BCUT2D eigenvalue weighted by atomic mass is 9.99. The first kappa shape index (κ1) is 15.2. The highest BCUT2D eigenvalue weighted by atomic mass is 32.1. The minimum atomic E-state index is 0.656. The Labute approximate surface area is 123 Å². The van der Waals surface area contributed by atoms with E-state index in [1.165, 1.54) is 57.9 Å². The molecular formula is C15H29N3S. The normalized spacial score (nSPS) is 26.1. The number of thiocarbonyl (C=S) groups is 1. The maximum atomic E-state index is 5.78. The summed E-state index contributed by atoms with van der Waals surface area (Å²) in [5.41, 5.74) is 5.78. The second kappa shape index (κ2) is 7.55. The van der Waals surface area contributed by atoms with Crippen molar-refractivity contribution >= 4 is 17.2 Å². The molecule has 19 heavy (non-hydrogen) atoms. The van der Waals surface area contributed by atoms with Gasteiger partial charge in [-0.3, -0.25) is 4.90 Å². The third-order valence-corrected chi connectivity index (χ3v) is 5.00. The lowest BCUT2D eigenvalue weighted by molar-refractivity contribution is 0.144. The number of hydrogen-bond donors (Lipinski definition) is 1. The Morgan fingerprint density at radius 2 is 1.89 bits per heavy atom. The van der Waals surface area contributed by atoms with Crippen LogP contribution < -0.4 is 5.73 Å². The van der Waals surface area contributed by atoms with E-state index < -0.39 is 0 Å². The van der Waals surface area contributed by atoms with Crippen molar-refractivity contribution in [1.29, 1.82) is 0 Å². The number of nitrogens with zero attached hydrogens (tertiary/aromatic N) is 2. The fraction of sp³-hybridized carbons (Fsp3) is 0.933. The van der Waals surface area contributed by atoms with Crippen molar-refractivity contribution < 1.29 is 0 Å². The molecule has 1 unspecified atom stereocenters. The minimum absolute atomic E-state index is 0.656. The van der Waals surface area contributed by atoms with Gasteiger partial charge in [-0.15, -0.1) is 0 Å². The topological polar surface area (TPSA) is 32.5 Å². The summed E-state index contributed by atoms with van der Waals surface area (Å²) in [6, 6.07) is 1.50. The van der Waals surface area contributed by atoms with Gasteiger partial charge in [-0.1, -0.05) is 31.5 Å². The zero-order valence-corrected chi connectivity index (χ0v) is 13.1. The fourth-order valence-electron chi connectivity index (χ4n) is 3.68. The first-order valence-electron chi connectivity index (χ1n) is 7.89. The third-order valence-electron chi connectivity index (χ3n) is 4.87. The quantitative estimate of drug-likeness (QED) is 0.759. The summed E-state index contributed by atoms with van der Waals surface area (Å²) >= 11 is 5.13. The van der Waals surface area contributed by atoms with Crippen LogP contribution >= 0.6 is 12.2 Å². The van der Waals surface area contributed by atoms with E-state index in [1.807, 2.05) is 0 Å². The Bertz CT molecular complexity index is 289. The Morgan fingerprint density at radius 3 is 2.53 bits per heavy atom. The molecule has 2 rings (SSSR count). The molecule has 1 saturated heterocycles. The summed E-state index contributed by atoms with van der Waals surface area (Å²) in [5.74, 6) is 0. The van der Waals surface area contributed by atoms with Gasteiger partial charge in [0.25, 0.3) is 0 Å². The monoisotopic (exact) mass is 283 g/mol. The van der Waals surface area contributed by atoms with Crippen molar-refractivity contribution in [2.24, 2.45) is 5.73 Å². The molecule has 2 aliphatic rings. The van der Waals surface area contributed by atoms with Crippen molar-refractivity contribution in [2.75, 3.05) is 26.7 Å². The molecule has 4 heteroatoms. The van der Waals surface area contributed by atoms with E-state index in [1.54, 1.807) is 0 Å². The molecule has 2 N–H and O–H groups in total. The second-order valence-corrected chi connectivity index (χ2v) is 6.82. The molecule has 0 aromatic carbocycles. The predicted molar refractivity (Wildman–Crippen MR) is 85.5 cm³/mol. The van der Waals surface area contributed by atoms with Gasteiger partial charge >= 0.3 is 0 Å². The molecule has 0 amide bonds. The van der Waals surface area contributed by atoms with E-state index >= 15 is 0 Å². The predicted octanol–water partition coefficient (Wildman–Crippen LogP) is 2.39. The van der Waals surface area contributed by atoms with Gasteiger partial charge in [-0.05, 0) is 45.7 Å². The highest BCUT2D eigenvalue weighted by Crippen LogP contribution is 2.25. The van der Waals surface area contributed by atoms with Crippen LogP contribution in [0.2, 0.25) is 0 Å². The van der Waals surface area contributed by atoms with Gasteiger partial charge in [0.2, 0.25) is 0 Å². The van der Waals surface area contributed by atoms with Gasteiger partial charge in [0.1, 0.15) is 0 Å².